The number of aromatic nitrogens is 4. The highest BCUT2D eigenvalue weighted by Crippen LogP contribution is 2.35. The number of hydrogen-bond donors (Lipinski definition) is 2. The molecule has 1 atom stereocenters. The molecular weight excluding hydrogens is 759 g/mol. The summed E-state index contributed by atoms with van der Waals surface area (Å²) in [5, 5.41) is 11.1. The Morgan fingerprint density at radius 3 is 2.44 bits per heavy atom. The first-order valence-electron chi connectivity index (χ1n) is 19.7. The average molecular weight is 807 g/mol. The molecule has 0 spiro atoms. The third-order valence-corrected chi connectivity index (χ3v) is 13.6. The van der Waals surface area contributed by atoms with Gasteiger partial charge in [0.25, 0.3) is 0 Å². The summed E-state index contributed by atoms with van der Waals surface area (Å²) in [7, 11) is -1.84. The minimum atomic E-state index is -3.73. The highest BCUT2D eigenvalue weighted by molar-refractivity contribution is 7.89. The van der Waals surface area contributed by atoms with E-state index in [1.165, 1.54) is 27.2 Å². The van der Waals surface area contributed by atoms with Gasteiger partial charge in [-0.15, -0.1) is 0 Å². The van der Waals surface area contributed by atoms with Gasteiger partial charge in [-0.2, -0.15) is 18.2 Å². The standard InChI is InChI=1S/C39H48F2N10O5S/c1-47-34-21-27(8-9-33(34)36(46-47)51-20-14-35(52)45-39(51)53)26-10-16-48(17-11-26)25-30-5-2-3-15-50(30)29-6-4-7-32(22-29)57(54,55)49-18-12-28(13-19-49)44-38-42-23-31(24-43-38)56-37(40)41/h4,6-9,21-24,26,28,30,37H,2-3,5,10-20,25H2,1H3,(H,42,43,44)(H,45,52,53)/t30-/m1/s1. The average Bonchev–Trinajstić information content (AvgIpc) is 3.54. The number of carbonyl (C=O) groups is 2. The van der Waals surface area contributed by atoms with Crippen molar-refractivity contribution < 1.29 is 31.5 Å². The Morgan fingerprint density at radius 1 is 0.930 bits per heavy atom. The molecule has 4 fully saturated rings. The van der Waals surface area contributed by atoms with Gasteiger partial charge >= 0.3 is 12.6 Å². The number of hydrogen-bond acceptors (Lipinski definition) is 11. The molecule has 0 bridgehead atoms. The number of rotatable bonds is 11. The van der Waals surface area contributed by atoms with Gasteiger partial charge in [0.05, 0.1) is 22.8 Å². The van der Waals surface area contributed by atoms with E-state index in [-0.39, 0.29) is 36.1 Å². The van der Waals surface area contributed by atoms with E-state index < -0.39 is 22.7 Å². The predicted octanol–water partition coefficient (Wildman–Crippen LogP) is 4.91. The molecule has 4 aliphatic heterocycles. The van der Waals surface area contributed by atoms with Crippen LogP contribution in [-0.2, 0) is 21.9 Å². The molecule has 4 saturated heterocycles. The number of halogens is 2. The lowest BCUT2D eigenvalue weighted by Crippen LogP contribution is -2.49. The van der Waals surface area contributed by atoms with Crippen LogP contribution < -0.4 is 25.2 Å². The van der Waals surface area contributed by atoms with Crippen LogP contribution in [0.5, 0.6) is 5.75 Å². The number of amides is 3. The van der Waals surface area contributed by atoms with E-state index in [2.05, 4.69) is 52.4 Å². The summed E-state index contributed by atoms with van der Waals surface area (Å²) in [6.45, 7) is 1.74. The molecule has 4 aromatic rings. The number of urea groups is 1. The number of likely N-dealkylation sites (tertiary alicyclic amines) is 1. The van der Waals surface area contributed by atoms with Crippen molar-refractivity contribution in [3.8, 4) is 5.75 Å². The summed E-state index contributed by atoms with van der Waals surface area (Å²) >= 11 is 0. The number of ether oxygens (including phenoxy) is 1. The topological polar surface area (TPSA) is 158 Å². The summed E-state index contributed by atoms with van der Waals surface area (Å²) in [6.07, 6.45) is 8.98. The maximum Gasteiger partial charge on any atom is 0.387 e. The van der Waals surface area contributed by atoms with Crippen LogP contribution in [0.25, 0.3) is 10.9 Å². The van der Waals surface area contributed by atoms with Gasteiger partial charge in [0, 0.05) is 69.3 Å². The summed E-state index contributed by atoms with van der Waals surface area (Å²) < 4.78 is 60.3. The van der Waals surface area contributed by atoms with Crippen LogP contribution in [0, 0.1) is 0 Å². The van der Waals surface area contributed by atoms with E-state index in [0.717, 1.165) is 74.9 Å². The molecule has 4 aliphatic rings. The largest absolute Gasteiger partial charge is 0.432 e. The van der Waals surface area contributed by atoms with Crippen molar-refractivity contribution in [3.05, 3.63) is 60.4 Å². The van der Waals surface area contributed by atoms with Crippen molar-refractivity contribution in [2.75, 3.05) is 60.9 Å². The van der Waals surface area contributed by atoms with Crippen LogP contribution in [0.4, 0.5) is 31.0 Å². The molecule has 2 aromatic carbocycles. The first kappa shape index (κ1) is 38.9. The second-order valence-electron chi connectivity index (χ2n) is 15.3. The molecule has 15 nitrogen and oxygen atoms in total. The maximum atomic E-state index is 13.9. The Hall–Kier alpha value is -4.94. The molecule has 304 valence electrons. The first-order valence-corrected chi connectivity index (χ1v) is 21.2. The van der Waals surface area contributed by atoms with Crippen molar-refractivity contribution in [1.29, 1.82) is 0 Å². The zero-order valence-corrected chi connectivity index (χ0v) is 32.7. The number of nitrogens with one attached hydrogen (secondary N) is 2. The SMILES string of the molecule is Cn1nc(N2CCC(=O)NC2=O)c2ccc(C3CCN(C[C@H]4CCCCN4c4cccc(S(=O)(=O)N5CCC(Nc6ncc(OC(F)F)cn6)CC5)c4)CC3)cc21. The molecule has 0 saturated carbocycles. The third kappa shape index (κ3) is 8.53. The van der Waals surface area contributed by atoms with Gasteiger partial charge in [-0.3, -0.25) is 19.7 Å². The Bertz CT molecular complexity index is 2190. The smallest absolute Gasteiger partial charge is 0.387 e. The molecule has 8 rings (SSSR count). The minimum Gasteiger partial charge on any atom is -0.432 e. The summed E-state index contributed by atoms with van der Waals surface area (Å²) in [5.41, 5.74) is 3.15. The second-order valence-corrected chi connectivity index (χ2v) is 17.3. The lowest BCUT2D eigenvalue weighted by Gasteiger charge is -2.42. The van der Waals surface area contributed by atoms with E-state index >= 15 is 0 Å². The fraction of sp³-hybridized carbons (Fsp3) is 0.513. The van der Waals surface area contributed by atoms with Crippen molar-refractivity contribution in [2.24, 2.45) is 7.05 Å². The Balaban J connectivity index is 0.865. The van der Waals surface area contributed by atoms with Crippen molar-refractivity contribution in [1.82, 2.24) is 34.3 Å². The lowest BCUT2D eigenvalue weighted by molar-refractivity contribution is -0.120. The minimum absolute atomic E-state index is 0.0630. The van der Waals surface area contributed by atoms with Gasteiger partial charge in [-0.05, 0) is 99.8 Å². The van der Waals surface area contributed by atoms with Crippen LogP contribution in [0.2, 0.25) is 0 Å². The second kappa shape index (κ2) is 16.5. The highest BCUT2D eigenvalue weighted by atomic mass is 32.2. The van der Waals surface area contributed by atoms with E-state index in [0.29, 0.717) is 49.1 Å². The molecule has 2 N–H and O–H groups in total. The van der Waals surface area contributed by atoms with Crippen LogP contribution >= 0.6 is 0 Å². The van der Waals surface area contributed by atoms with Crippen molar-refractivity contribution in [2.45, 2.75) is 80.9 Å². The number of anilines is 3. The molecule has 0 radical (unpaired) electrons. The highest BCUT2D eigenvalue weighted by Gasteiger charge is 2.33. The number of fused-ring (bicyclic) bond motifs is 1. The number of benzene rings is 2. The molecule has 2 aromatic heterocycles. The zero-order chi connectivity index (χ0) is 39.7. The number of carbonyl (C=O) groups excluding carboxylic acids is 2. The van der Waals surface area contributed by atoms with Crippen LogP contribution in [0.3, 0.4) is 0 Å². The van der Waals surface area contributed by atoms with E-state index in [9.17, 15) is 26.8 Å². The summed E-state index contributed by atoms with van der Waals surface area (Å²) in [4.78, 5) is 39.1. The number of imide groups is 1. The summed E-state index contributed by atoms with van der Waals surface area (Å²) in [5.74, 6) is 0.845. The van der Waals surface area contributed by atoms with Gasteiger partial charge in [0.2, 0.25) is 21.9 Å². The number of aryl methyl sites for hydroxylation is 1. The number of nitrogens with zero attached hydrogens (tertiary/aromatic N) is 8. The molecule has 18 heteroatoms. The van der Waals surface area contributed by atoms with E-state index in [1.54, 1.807) is 6.07 Å². The fourth-order valence-corrected chi connectivity index (χ4v) is 10.2. The number of alkyl halides is 2. The zero-order valence-electron chi connectivity index (χ0n) is 31.9. The predicted molar refractivity (Wildman–Crippen MR) is 210 cm³/mol. The molecule has 57 heavy (non-hydrogen) atoms. The quantitative estimate of drug-likeness (QED) is 0.212. The molecule has 0 unspecified atom stereocenters. The van der Waals surface area contributed by atoms with Crippen LogP contribution in [0.1, 0.15) is 62.8 Å². The molecule has 3 amide bonds. The van der Waals surface area contributed by atoms with Gasteiger partial charge in [0.15, 0.2) is 11.6 Å². The maximum absolute atomic E-state index is 13.9. The summed E-state index contributed by atoms with van der Waals surface area (Å²) in [6, 6.07) is 13.5. The lowest BCUT2D eigenvalue weighted by atomic mass is 9.88. The normalized spacial score (nSPS) is 21.0. The van der Waals surface area contributed by atoms with Gasteiger partial charge in [-0.25, -0.2) is 23.2 Å². The number of sulfonamides is 1. The third-order valence-electron chi connectivity index (χ3n) is 11.7. The monoisotopic (exact) mass is 806 g/mol. The van der Waals surface area contributed by atoms with E-state index in [1.807, 2.05) is 36.0 Å². The molecule has 6 heterocycles. The molecule has 0 aliphatic carbocycles. The fourth-order valence-electron chi connectivity index (χ4n) is 8.70. The van der Waals surface area contributed by atoms with Gasteiger partial charge < -0.3 is 19.9 Å². The Morgan fingerprint density at radius 2 is 1.70 bits per heavy atom. The van der Waals surface area contributed by atoms with E-state index in [4.69, 9.17) is 0 Å². The number of piperidine rings is 3. The molecular formula is C39H48F2N10O5S. The van der Waals surface area contributed by atoms with Crippen LogP contribution in [-0.4, -0.2) is 114 Å². The Labute approximate surface area is 330 Å². The van der Waals surface area contributed by atoms with Crippen molar-refractivity contribution in [3.63, 3.8) is 0 Å². The van der Waals surface area contributed by atoms with Gasteiger partial charge in [0.1, 0.15) is 0 Å². The van der Waals surface area contributed by atoms with Crippen molar-refractivity contribution >= 4 is 50.3 Å². The first-order chi connectivity index (χ1) is 27.5. The van der Waals surface area contributed by atoms with Gasteiger partial charge in [-0.1, -0.05) is 12.1 Å². The Kier molecular flexibility index (Phi) is 11.3. The van der Waals surface area contributed by atoms with Crippen LogP contribution in [0.15, 0.2) is 59.8 Å².